The molecule has 0 heterocycles. The molecule has 0 aliphatic carbocycles. The lowest BCUT2D eigenvalue weighted by atomic mass is 10.2. The zero-order valence-corrected chi connectivity index (χ0v) is 7.39. The van der Waals surface area contributed by atoms with E-state index in [2.05, 4.69) is 5.16 Å². The van der Waals surface area contributed by atoms with Crippen molar-refractivity contribution in [2.24, 2.45) is 5.16 Å². The Kier molecular flexibility index (Phi) is 5.43. The molecule has 0 N–H and O–H groups in total. The second-order valence-corrected chi connectivity index (χ2v) is 2.45. The number of Topliss-reactive ketones (excluding diaryl/α,β-unsaturated/α-hetero) is 1. The zero-order valence-electron chi connectivity index (χ0n) is 7.39. The lowest BCUT2D eigenvalue weighted by Gasteiger charge is -1.97. The molecule has 11 heavy (non-hydrogen) atoms. The number of carbonyl (C=O) groups excluding carboxylic acids is 1. The fourth-order valence-corrected chi connectivity index (χ4v) is 0.577. The van der Waals surface area contributed by atoms with E-state index in [1.54, 1.807) is 6.92 Å². The molecule has 0 bridgehead atoms. The van der Waals surface area contributed by atoms with Crippen molar-refractivity contribution >= 4 is 11.5 Å². The molecule has 0 rings (SSSR count). The summed E-state index contributed by atoms with van der Waals surface area (Å²) < 4.78 is 0. The van der Waals surface area contributed by atoms with E-state index in [1.165, 1.54) is 0 Å². The molecule has 0 aromatic rings. The molecule has 0 atom stereocenters. The maximum Gasteiger partial charge on any atom is 0.130 e. The Bertz CT molecular complexity index is 152. The monoisotopic (exact) mass is 157 g/mol. The Morgan fingerprint density at radius 2 is 2.00 bits per heavy atom. The second kappa shape index (κ2) is 5.89. The van der Waals surface area contributed by atoms with Gasteiger partial charge in [0, 0.05) is 6.42 Å². The van der Waals surface area contributed by atoms with Crippen molar-refractivity contribution in [3.8, 4) is 0 Å². The summed E-state index contributed by atoms with van der Waals surface area (Å²) in [7, 11) is 0. The van der Waals surface area contributed by atoms with Crippen LogP contribution in [0, 0.1) is 0 Å². The highest BCUT2D eigenvalue weighted by molar-refractivity contribution is 5.86. The quantitative estimate of drug-likeness (QED) is 0.450. The average Bonchev–Trinajstić information content (AvgIpc) is 1.97. The molecule has 0 radical (unpaired) electrons. The summed E-state index contributed by atoms with van der Waals surface area (Å²) in [6, 6.07) is 0. The van der Waals surface area contributed by atoms with Crippen LogP contribution in [0.3, 0.4) is 0 Å². The third-order valence-corrected chi connectivity index (χ3v) is 1.19. The van der Waals surface area contributed by atoms with Crippen molar-refractivity contribution in [3.05, 3.63) is 0 Å². The molecule has 0 spiro atoms. The summed E-state index contributed by atoms with van der Waals surface area (Å²) in [5.74, 6) is 0.191. The van der Waals surface area contributed by atoms with Crippen molar-refractivity contribution in [1.29, 1.82) is 0 Å². The van der Waals surface area contributed by atoms with E-state index in [-0.39, 0.29) is 5.78 Å². The van der Waals surface area contributed by atoms with Gasteiger partial charge in [0.25, 0.3) is 0 Å². The summed E-state index contributed by atoms with van der Waals surface area (Å²) in [4.78, 5) is 15.3. The van der Waals surface area contributed by atoms with Gasteiger partial charge in [0.1, 0.15) is 12.4 Å². The number of hydrogen-bond acceptors (Lipinski definition) is 3. The van der Waals surface area contributed by atoms with Crippen LogP contribution in [0.1, 0.15) is 33.6 Å². The topological polar surface area (TPSA) is 38.7 Å². The van der Waals surface area contributed by atoms with E-state index in [9.17, 15) is 4.79 Å². The van der Waals surface area contributed by atoms with E-state index in [1.807, 2.05) is 13.8 Å². The van der Waals surface area contributed by atoms with Crippen LogP contribution < -0.4 is 0 Å². The maximum absolute atomic E-state index is 10.5. The predicted molar refractivity (Wildman–Crippen MR) is 44.7 cm³/mol. The fraction of sp³-hybridized carbons (Fsp3) is 0.750. The molecule has 0 saturated heterocycles. The Morgan fingerprint density at radius 3 is 2.45 bits per heavy atom. The van der Waals surface area contributed by atoms with Gasteiger partial charge in [0.15, 0.2) is 0 Å². The summed E-state index contributed by atoms with van der Waals surface area (Å²) in [5.41, 5.74) is 0.877. The minimum atomic E-state index is 0.191. The van der Waals surface area contributed by atoms with Crippen LogP contribution in [-0.4, -0.2) is 18.1 Å². The highest BCUT2D eigenvalue weighted by Gasteiger charge is 1.95. The summed E-state index contributed by atoms with van der Waals surface area (Å²) >= 11 is 0. The molecular formula is C8H15NO2. The standard InChI is InChI=1S/C8H15NO2/c1-4-11-9-7(2)5-6-8(3)10/h4-6H2,1-3H3. The van der Waals surface area contributed by atoms with E-state index >= 15 is 0 Å². The Labute approximate surface area is 67.4 Å². The van der Waals surface area contributed by atoms with Crippen molar-refractivity contribution in [3.63, 3.8) is 0 Å². The van der Waals surface area contributed by atoms with Gasteiger partial charge in [-0.15, -0.1) is 0 Å². The second-order valence-electron chi connectivity index (χ2n) is 2.45. The minimum Gasteiger partial charge on any atom is -0.396 e. The smallest absolute Gasteiger partial charge is 0.130 e. The Balaban J connectivity index is 3.50. The molecule has 3 heteroatoms. The van der Waals surface area contributed by atoms with E-state index in [0.717, 1.165) is 5.71 Å². The number of carbonyl (C=O) groups is 1. The molecule has 64 valence electrons. The van der Waals surface area contributed by atoms with Gasteiger partial charge in [-0.25, -0.2) is 0 Å². The average molecular weight is 157 g/mol. The minimum absolute atomic E-state index is 0.191. The number of rotatable bonds is 5. The lowest BCUT2D eigenvalue weighted by Crippen LogP contribution is -1.98. The normalized spacial score (nSPS) is 11.4. The Hall–Kier alpha value is -0.860. The molecular weight excluding hydrogens is 142 g/mol. The van der Waals surface area contributed by atoms with Crippen LogP contribution in [0.2, 0.25) is 0 Å². The molecule has 3 nitrogen and oxygen atoms in total. The van der Waals surface area contributed by atoms with Crippen LogP contribution in [0.15, 0.2) is 5.16 Å². The van der Waals surface area contributed by atoms with Crippen LogP contribution in [0.25, 0.3) is 0 Å². The summed E-state index contributed by atoms with van der Waals surface area (Å²) in [6.07, 6.45) is 1.26. The first-order chi connectivity index (χ1) is 5.16. The first-order valence-electron chi connectivity index (χ1n) is 3.81. The number of hydrogen-bond donors (Lipinski definition) is 0. The third-order valence-electron chi connectivity index (χ3n) is 1.19. The fourth-order valence-electron chi connectivity index (χ4n) is 0.577. The van der Waals surface area contributed by atoms with Gasteiger partial charge < -0.3 is 9.63 Å². The molecule has 0 aliphatic heterocycles. The van der Waals surface area contributed by atoms with Gasteiger partial charge in [-0.05, 0) is 27.2 Å². The highest BCUT2D eigenvalue weighted by atomic mass is 16.6. The van der Waals surface area contributed by atoms with Gasteiger partial charge in [-0.3, -0.25) is 0 Å². The van der Waals surface area contributed by atoms with E-state index < -0.39 is 0 Å². The van der Waals surface area contributed by atoms with E-state index in [0.29, 0.717) is 19.4 Å². The third kappa shape index (κ3) is 7.03. The van der Waals surface area contributed by atoms with Gasteiger partial charge in [0.2, 0.25) is 0 Å². The van der Waals surface area contributed by atoms with Gasteiger partial charge in [-0.1, -0.05) is 5.16 Å². The van der Waals surface area contributed by atoms with Crippen molar-refractivity contribution in [1.82, 2.24) is 0 Å². The molecule has 0 aromatic carbocycles. The molecule has 0 amide bonds. The number of oxime groups is 1. The van der Waals surface area contributed by atoms with E-state index in [4.69, 9.17) is 4.84 Å². The number of nitrogens with zero attached hydrogens (tertiary/aromatic N) is 1. The van der Waals surface area contributed by atoms with Crippen molar-refractivity contribution < 1.29 is 9.63 Å². The molecule has 0 fully saturated rings. The van der Waals surface area contributed by atoms with Crippen LogP contribution in [0.4, 0.5) is 0 Å². The molecule has 0 aromatic heterocycles. The SMILES string of the molecule is CCON=C(C)CCC(C)=O. The van der Waals surface area contributed by atoms with Crippen molar-refractivity contribution in [2.75, 3.05) is 6.61 Å². The maximum atomic E-state index is 10.5. The van der Waals surface area contributed by atoms with Gasteiger partial charge in [-0.2, -0.15) is 0 Å². The summed E-state index contributed by atoms with van der Waals surface area (Å²) in [6.45, 7) is 5.89. The largest absolute Gasteiger partial charge is 0.396 e. The van der Waals surface area contributed by atoms with Crippen LogP contribution in [-0.2, 0) is 9.63 Å². The molecule has 0 aliphatic rings. The van der Waals surface area contributed by atoms with Gasteiger partial charge >= 0.3 is 0 Å². The molecule has 0 saturated carbocycles. The summed E-state index contributed by atoms with van der Waals surface area (Å²) in [5, 5.41) is 3.78. The zero-order chi connectivity index (χ0) is 8.69. The first-order valence-corrected chi connectivity index (χ1v) is 3.81. The first kappa shape index (κ1) is 10.1. The predicted octanol–water partition coefficient (Wildman–Crippen LogP) is 1.77. The highest BCUT2D eigenvalue weighted by Crippen LogP contribution is 1.94. The van der Waals surface area contributed by atoms with Crippen LogP contribution in [0.5, 0.6) is 0 Å². The Morgan fingerprint density at radius 1 is 1.36 bits per heavy atom. The lowest BCUT2D eigenvalue weighted by molar-refractivity contribution is -0.116. The number of ketones is 1. The van der Waals surface area contributed by atoms with Gasteiger partial charge in [0.05, 0.1) is 5.71 Å². The molecule has 0 unspecified atom stereocenters. The van der Waals surface area contributed by atoms with Crippen molar-refractivity contribution in [2.45, 2.75) is 33.6 Å². The van der Waals surface area contributed by atoms with Crippen LogP contribution >= 0.6 is 0 Å².